The van der Waals surface area contributed by atoms with E-state index in [0.29, 0.717) is 32.0 Å². The Bertz CT molecular complexity index is 525. The van der Waals surface area contributed by atoms with E-state index in [9.17, 15) is 9.59 Å². The summed E-state index contributed by atoms with van der Waals surface area (Å²) < 4.78 is 7.03. The molecule has 1 fully saturated rings. The van der Waals surface area contributed by atoms with Crippen molar-refractivity contribution >= 4 is 12.0 Å². The highest BCUT2D eigenvalue weighted by molar-refractivity contribution is 5.91. The first-order chi connectivity index (χ1) is 9.78. The fourth-order valence-corrected chi connectivity index (χ4v) is 2.13. The van der Waals surface area contributed by atoms with E-state index in [-0.39, 0.29) is 12.0 Å². The molecule has 1 aliphatic heterocycles. The first kappa shape index (κ1) is 15.3. The molecule has 21 heavy (non-hydrogen) atoms. The van der Waals surface area contributed by atoms with Crippen LogP contribution in [0.15, 0.2) is 12.4 Å². The van der Waals surface area contributed by atoms with Gasteiger partial charge in [0.2, 0.25) is 0 Å². The number of amides is 2. The number of nitrogens with zero attached hydrogens (tertiary/aromatic N) is 4. The molecule has 0 saturated carbocycles. The number of carbonyl (C=O) groups excluding carboxylic acids is 2. The summed E-state index contributed by atoms with van der Waals surface area (Å²) in [6.07, 6.45) is 3.01. The van der Waals surface area contributed by atoms with Crippen molar-refractivity contribution in [2.45, 2.75) is 26.4 Å². The normalized spacial score (nSPS) is 16.0. The van der Waals surface area contributed by atoms with E-state index in [1.54, 1.807) is 33.8 Å². The molecule has 1 aliphatic rings. The first-order valence-corrected chi connectivity index (χ1v) is 7.02. The monoisotopic (exact) mass is 294 g/mol. The predicted octanol–water partition coefficient (Wildman–Crippen LogP) is 1.11. The second-order valence-corrected chi connectivity index (χ2v) is 6.12. The number of hydrogen-bond donors (Lipinski definition) is 0. The number of piperazine rings is 1. The minimum absolute atomic E-state index is 0.105. The van der Waals surface area contributed by atoms with Crippen LogP contribution in [0.2, 0.25) is 0 Å². The van der Waals surface area contributed by atoms with E-state index in [4.69, 9.17) is 4.74 Å². The maximum Gasteiger partial charge on any atom is 0.410 e. The molecule has 0 radical (unpaired) electrons. The molecule has 2 rings (SSSR count). The number of rotatable bonds is 1. The number of aromatic nitrogens is 2. The van der Waals surface area contributed by atoms with Gasteiger partial charge in [-0.3, -0.25) is 4.79 Å². The SMILES string of the molecule is Cn1ccnc1C(=O)N1CCN(C(=O)OC(C)(C)C)CC1. The lowest BCUT2D eigenvalue weighted by Gasteiger charge is -2.35. The minimum atomic E-state index is -0.503. The van der Waals surface area contributed by atoms with Crippen LogP contribution in [0.5, 0.6) is 0 Å². The Morgan fingerprint density at radius 3 is 2.19 bits per heavy atom. The highest BCUT2D eigenvalue weighted by Gasteiger charge is 2.29. The van der Waals surface area contributed by atoms with Gasteiger partial charge in [0.15, 0.2) is 5.82 Å². The summed E-state index contributed by atoms with van der Waals surface area (Å²) in [6, 6.07) is 0. The van der Waals surface area contributed by atoms with Crippen molar-refractivity contribution in [1.82, 2.24) is 19.4 Å². The third-order valence-electron chi connectivity index (χ3n) is 3.23. The van der Waals surface area contributed by atoms with Gasteiger partial charge < -0.3 is 19.1 Å². The van der Waals surface area contributed by atoms with Crippen LogP contribution in [0.1, 0.15) is 31.4 Å². The zero-order chi connectivity index (χ0) is 15.6. The van der Waals surface area contributed by atoms with Crippen LogP contribution < -0.4 is 0 Å². The molecule has 116 valence electrons. The van der Waals surface area contributed by atoms with Crippen LogP contribution in [0.25, 0.3) is 0 Å². The van der Waals surface area contributed by atoms with Crippen LogP contribution in [-0.4, -0.2) is 63.1 Å². The minimum Gasteiger partial charge on any atom is -0.444 e. The fraction of sp³-hybridized carbons (Fsp3) is 0.643. The molecule has 7 heteroatoms. The molecule has 0 aliphatic carbocycles. The van der Waals surface area contributed by atoms with E-state index < -0.39 is 5.60 Å². The number of hydrogen-bond acceptors (Lipinski definition) is 4. The van der Waals surface area contributed by atoms with Crippen molar-refractivity contribution in [3.8, 4) is 0 Å². The largest absolute Gasteiger partial charge is 0.444 e. The fourth-order valence-electron chi connectivity index (χ4n) is 2.13. The van der Waals surface area contributed by atoms with Crippen molar-refractivity contribution in [1.29, 1.82) is 0 Å². The lowest BCUT2D eigenvalue weighted by Crippen LogP contribution is -2.52. The molecule has 0 unspecified atom stereocenters. The Morgan fingerprint density at radius 2 is 1.71 bits per heavy atom. The molecular weight excluding hydrogens is 272 g/mol. The average Bonchev–Trinajstić information content (AvgIpc) is 2.82. The summed E-state index contributed by atoms with van der Waals surface area (Å²) in [5.74, 6) is 0.312. The zero-order valence-corrected chi connectivity index (χ0v) is 13.0. The molecule has 0 bridgehead atoms. The molecule has 1 aromatic rings. The van der Waals surface area contributed by atoms with Crippen molar-refractivity contribution in [2.24, 2.45) is 7.05 Å². The van der Waals surface area contributed by atoms with Gasteiger partial charge in [-0.05, 0) is 20.8 Å². The van der Waals surface area contributed by atoms with E-state index in [1.807, 2.05) is 20.8 Å². The van der Waals surface area contributed by atoms with Crippen LogP contribution >= 0.6 is 0 Å². The van der Waals surface area contributed by atoms with Crippen molar-refractivity contribution in [2.75, 3.05) is 26.2 Å². The summed E-state index contributed by atoms with van der Waals surface area (Å²) >= 11 is 0. The Hall–Kier alpha value is -2.05. The Balaban J connectivity index is 1.90. The van der Waals surface area contributed by atoms with Crippen molar-refractivity contribution in [3.05, 3.63) is 18.2 Å². The van der Waals surface area contributed by atoms with Gasteiger partial charge in [0.25, 0.3) is 5.91 Å². The van der Waals surface area contributed by atoms with Gasteiger partial charge in [-0.15, -0.1) is 0 Å². The number of aryl methyl sites for hydroxylation is 1. The molecule has 0 atom stereocenters. The first-order valence-electron chi connectivity index (χ1n) is 7.02. The second-order valence-electron chi connectivity index (χ2n) is 6.12. The van der Waals surface area contributed by atoms with Crippen LogP contribution in [0.3, 0.4) is 0 Å². The smallest absolute Gasteiger partial charge is 0.410 e. The van der Waals surface area contributed by atoms with E-state index >= 15 is 0 Å². The average molecular weight is 294 g/mol. The van der Waals surface area contributed by atoms with E-state index in [0.717, 1.165) is 0 Å². The van der Waals surface area contributed by atoms with Gasteiger partial charge in [0.05, 0.1) is 0 Å². The molecule has 1 saturated heterocycles. The lowest BCUT2D eigenvalue weighted by atomic mass is 10.2. The third kappa shape index (κ3) is 3.74. The molecule has 0 spiro atoms. The lowest BCUT2D eigenvalue weighted by molar-refractivity contribution is 0.0139. The summed E-state index contributed by atoms with van der Waals surface area (Å²) in [5.41, 5.74) is -0.503. The molecule has 0 N–H and O–H groups in total. The molecule has 7 nitrogen and oxygen atoms in total. The van der Waals surface area contributed by atoms with E-state index in [1.165, 1.54) is 0 Å². The third-order valence-corrected chi connectivity index (χ3v) is 3.23. The maximum absolute atomic E-state index is 12.3. The van der Waals surface area contributed by atoms with E-state index in [2.05, 4.69) is 4.98 Å². The topological polar surface area (TPSA) is 67.7 Å². The molecule has 2 heterocycles. The Kier molecular flexibility index (Phi) is 4.20. The van der Waals surface area contributed by atoms with Crippen LogP contribution in [-0.2, 0) is 11.8 Å². The quantitative estimate of drug-likeness (QED) is 0.778. The van der Waals surface area contributed by atoms with Gasteiger partial charge >= 0.3 is 6.09 Å². The Labute approximate surface area is 124 Å². The van der Waals surface area contributed by atoms with Crippen LogP contribution in [0.4, 0.5) is 4.79 Å². The summed E-state index contributed by atoms with van der Waals surface area (Å²) in [4.78, 5) is 31.7. The standard InChI is InChI=1S/C14H22N4O3/c1-14(2,3)21-13(20)18-9-7-17(8-10-18)12(19)11-15-5-6-16(11)4/h5-6H,7-10H2,1-4H3. The van der Waals surface area contributed by atoms with Gasteiger partial charge in [0, 0.05) is 45.6 Å². The van der Waals surface area contributed by atoms with Gasteiger partial charge in [-0.25, -0.2) is 9.78 Å². The summed E-state index contributed by atoms with van der Waals surface area (Å²) in [7, 11) is 1.79. The number of imidazole rings is 1. The highest BCUT2D eigenvalue weighted by Crippen LogP contribution is 2.13. The molecule has 0 aromatic carbocycles. The molecule has 2 amide bonds. The number of carbonyl (C=O) groups is 2. The zero-order valence-electron chi connectivity index (χ0n) is 13.0. The summed E-state index contributed by atoms with van der Waals surface area (Å²) in [5, 5.41) is 0. The molecular formula is C14H22N4O3. The highest BCUT2D eigenvalue weighted by atomic mass is 16.6. The summed E-state index contributed by atoms with van der Waals surface area (Å²) in [6.45, 7) is 7.45. The number of ether oxygens (including phenoxy) is 1. The van der Waals surface area contributed by atoms with Crippen molar-refractivity contribution < 1.29 is 14.3 Å². The van der Waals surface area contributed by atoms with Crippen molar-refractivity contribution in [3.63, 3.8) is 0 Å². The Morgan fingerprint density at radius 1 is 1.14 bits per heavy atom. The maximum atomic E-state index is 12.3. The van der Waals surface area contributed by atoms with Gasteiger partial charge in [-0.1, -0.05) is 0 Å². The van der Waals surface area contributed by atoms with Gasteiger partial charge in [0.1, 0.15) is 5.60 Å². The molecule has 1 aromatic heterocycles. The second kappa shape index (κ2) is 5.75. The van der Waals surface area contributed by atoms with Gasteiger partial charge in [-0.2, -0.15) is 0 Å². The predicted molar refractivity (Wildman–Crippen MR) is 76.9 cm³/mol. The van der Waals surface area contributed by atoms with Crippen LogP contribution in [0, 0.1) is 0 Å².